The molecule has 0 saturated carbocycles. The van der Waals surface area contributed by atoms with Crippen LogP contribution in [0.25, 0.3) is 0 Å². The van der Waals surface area contributed by atoms with Gasteiger partial charge in [0.25, 0.3) is 0 Å². The maximum absolute atomic E-state index is 11.8. The molecular weight excluding hydrogens is 364 g/mol. The van der Waals surface area contributed by atoms with Crippen molar-refractivity contribution in [3.63, 3.8) is 0 Å². The van der Waals surface area contributed by atoms with Gasteiger partial charge in [-0.15, -0.1) is 0 Å². The molecule has 3 aliphatic heterocycles. The molecule has 0 bridgehead atoms. The topological polar surface area (TPSA) is 93.2 Å². The van der Waals surface area contributed by atoms with Crippen molar-refractivity contribution < 1.29 is 19.0 Å². The SMILES string of the molecule is COC(=O)C1CCN(c2nc(N3CCOCC3)nc(N3CCOCC3)n2)CC1. The molecule has 0 aromatic carbocycles. The number of methoxy groups -OCH3 is 1. The molecule has 0 spiro atoms. The Labute approximate surface area is 164 Å². The molecule has 0 aliphatic carbocycles. The van der Waals surface area contributed by atoms with Crippen molar-refractivity contribution >= 4 is 23.8 Å². The average Bonchev–Trinajstić information content (AvgIpc) is 2.79. The van der Waals surface area contributed by atoms with E-state index in [0.29, 0.717) is 44.3 Å². The van der Waals surface area contributed by atoms with E-state index < -0.39 is 0 Å². The van der Waals surface area contributed by atoms with E-state index in [1.54, 1.807) is 0 Å². The van der Waals surface area contributed by atoms with Gasteiger partial charge in [-0.3, -0.25) is 4.79 Å². The number of rotatable bonds is 4. The monoisotopic (exact) mass is 392 g/mol. The fourth-order valence-corrected chi connectivity index (χ4v) is 3.78. The van der Waals surface area contributed by atoms with E-state index in [4.69, 9.17) is 29.2 Å². The van der Waals surface area contributed by atoms with Crippen molar-refractivity contribution in [2.45, 2.75) is 12.8 Å². The van der Waals surface area contributed by atoms with Gasteiger partial charge in [0.05, 0.1) is 39.5 Å². The highest BCUT2D eigenvalue weighted by molar-refractivity contribution is 5.72. The minimum atomic E-state index is -0.127. The molecule has 4 rings (SSSR count). The van der Waals surface area contributed by atoms with Gasteiger partial charge in [0, 0.05) is 39.3 Å². The molecule has 3 aliphatic rings. The van der Waals surface area contributed by atoms with Gasteiger partial charge in [-0.25, -0.2) is 0 Å². The predicted molar refractivity (Wildman–Crippen MR) is 103 cm³/mol. The summed E-state index contributed by atoms with van der Waals surface area (Å²) in [7, 11) is 1.45. The minimum absolute atomic E-state index is 0.0412. The van der Waals surface area contributed by atoms with E-state index in [1.165, 1.54) is 7.11 Å². The van der Waals surface area contributed by atoms with Crippen molar-refractivity contribution in [3.8, 4) is 0 Å². The van der Waals surface area contributed by atoms with Crippen LogP contribution in [0, 0.1) is 5.92 Å². The molecule has 1 aromatic rings. The lowest BCUT2D eigenvalue weighted by Crippen LogP contribution is -2.42. The van der Waals surface area contributed by atoms with Crippen LogP contribution in [-0.4, -0.2) is 93.7 Å². The molecule has 0 unspecified atom stereocenters. The van der Waals surface area contributed by atoms with Crippen LogP contribution in [0.4, 0.5) is 17.8 Å². The molecule has 154 valence electrons. The number of nitrogens with zero attached hydrogens (tertiary/aromatic N) is 6. The number of esters is 1. The van der Waals surface area contributed by atoms with Crippen molar-refractivity contribution in [3.05, 3.63) is 0 Å². The third-order valence-electron chi connectivity index (χ3n) is 5.50. The van der Waals surface area contributed by atoms with Gasteiger partial charge in [0.1, 0.15) is 0 Å². The smallest absolute Gasteiger partial charge is 0.308 e. The van der Waals surface area contributed by atoms with Gasteiger partial charge in [-0.05, 0) is 12.8 Å². The number of ether oxygens (including phenoxy) is 3. The molecule has 0 radical (unpaired) electrons. The quantitative estimate of drug-likeness (QED) is 0.649. The van der Waals surface area contributed by atoms with E-state index in [2.05, 4.69) is 14.7 Å². The molecule has 10 nitrogen and oxygen atoms in total. The standard InChI is InChI=1S/C18H28N6O4/c1-26-15(25)14-2-4-22(5-3-14)16-19-17(23-6-10-27-11-7-23)21-18(20-16)24-8-12-28-13-9-24/h14H,2-13H2,1H3. The fourth-order valence-electron chi connectivity index (χ4n) is 3.78. The van der Waals surface area contributed by atoms with Gasteiger partial charge in [-0.1, -0.05) is 0 Å². The Bertz CT molecular complexity index is 634. The molecule has 10 heteroatoms. The van der Waals surface area contributed by atoms with Crippen LogP contribution in [0.1, 0.15) is 12.8 Å². The number of carbonyl (C=O) groups is 1. The normalized spacial score (nSPS) is 21.7. The number of anilines is 3. The lowest BCUT2D eigenvalue weighted by atomic mass is 9.97. The number of hydrogen-bond acceptors (Lipinski definition) is 10. The summed E-state index contributed by atoms with van der Waals surface area (Å²) in [5.41, 5.74) is 0. The number of morpholine rings is 2. The van der Waals surface area contributed by atoms with Crippen LogP contribution in [0.15, 0.2) is 0 Å². The van der Waals surface area contributed by atoms with Gasteiger partial charge in [-0.2, -0.15) is 15.0 Å². The van der Waals surface area contributed by atoms with E-state index in [9.17, 15) is 4.79 Å². The summed E-state index contributed by atoms with van der Waals surface area (Å²) in [6, 6.07) is 0. The third kappa shape index (κ3) is 4.27. The highest BCUT2D eigenvalue weighted by Crippen LogP contribution is 2.25. The Kier molecular flexibility index (Phi) is 6.06. The zero-order valence-electron chi connectivity index (χ0n) is 16.4. The number of piperidine rings is 1. The number of aromatic nitrogens is 3. The zero-order chi connectivity index (χ0) is 19.3. The summed E-state index contributed by atoms with van der Waals surface area (Å²) in [5, 5.41) is 0. The second-order valence-electron chi connectivity index (χ2n) is 7.22. The molecule has 3 fully saturated rings. The Morgan fingerprint density at radius 2 is 1.18 bits per heavy atom. The fraction of sp³-hybridized carbons (Fsp3) is 0.778. The van der Waals surface area contributed by atoms with Crippen molar-refractivity contribution in [1.29, 1.82) is 0 Å². The Morgan fingerprint density at radius 1 is 0.786 bits per heavy atom. The van der Waals surface area contributed by atoms with Crippen molar-refractivity contribution in [2.75, 3.05) is 87.5 Å². The first-order valence-corrected chi connectivity index (χ1v) is 9.99. The van der Waals surface area contributed by atoms with Crippen LogP contribution in [-0.2, 0) is 19.0 Å². The summed E-state index contributed by atoms with van der Waals surface area (Å²) >= 11 is 0. The lowest BCUT2D eigenvalue weighted by Gasteiger charge is -2.33. The van der Waals surface area contributed by atoms with Crippen LogP contribution in [0.2, 0.25) is 0 Å². The van der Waals surface area contributed by atoms with Crippen LogP contribution in [0.5, 0.6) is 0 Å². The number of hydrogen-bond donors (Lipinski definition) is 0. The van der Waals surface area contributed by atoms with Gasteiger partial charge in [0.2, 0.25) is 17.8 Å². The van der Waals surface area contributed by atoms with Crippen LogP contribution < -0.4 is 14.7 Å². The van der Waals surface area contributed by atoms with E-state index in [0.717, 1.165) is 52.1 Å². The van der Waals surface area contributed by atoms with E-state index in [1.807, 2.05) is 0 Å². The van der Waals surface area contributed by atoms with Crippen LogP contribution in [0.3, 0.4) is 0 Å². The zero-order valence-corrected chi connectivity index (χ0v) is 16.4. The Morgan fingerprint density at radius 3 is 1.57 bits per heavy atom. The highest BCUT2D eigenvalue weighted by atomic mass is 16.5. The second kappa shape index (κ2) is 8.87. The molecule has 0 amide bonds. The van der Waals surface area contributed by atoms with Crippen molar-refractivity contribution in [2.24, 2.45) is 5.92 Å². The molecule has 28 heavy (non-hydrogen) atoms. The van der Waals surface area contributed by atoms with E-state index >= 15 is 0 Å². The summed E-state index contributed by atoms with van der Waals surface area (Å²) in [6.07, 6.45) is 1.50. The first-order valence-electron chi connectivity index (χ1n) is 9.99. The molecule has 3 saturated heterocycles. The van der Waals surface area contributed by atoms with Gasteiger partial charge >= 0.3 is 5.97 Å². The molecule has 0 atom stereocenters. The second-order valence-corrected chi connectivity index (χ2v) is 7.22. The third-order valence-corrected chi connectivity index (χ3v) is 5.50. The molecule has 0 N–H and O–H groups in total. The lowest BCUT2D eigenvalue weighted by molar-refractivity contribution is -0.146. The largest absolute Gasteiger partial charge is 0.469 e. The summed E-state index contributed by atoms with van der Waals surface area (Å²) in [6.45, 7) is 7.27. The van der Waals surface area contributed by atoms with Gasteiger partial charge < -0.3 is 28.9 Å². The van der Waals surface area contributed by atoms with Crippen LogP contribution >= 0.6 is 0 Å². The average molecular weight is 392 g/mol. The minimum Gasteiger partial charge on any atom is -0.469 e. The predicted octanol–water partition coefficient (Wildman–Crippen LogP) is -0.0658. The molecular formula is C18H28N6O4. The van der Waals surface area contributed by atoms with Crippen molar-refractivity contribution in [1.82, 2.24) is 15.0 Å². The summed E-state index contributed by atoms with van der Waals surface area (Å²) in [4.78, 5) is 32.5. The Balaban J connectivity index is 1.56. The molecule has 4 heterocycles. The maximum atomic E-state index is 11.8. The first kappa shape index (κ1) is 19.1. The summed E-state index contributed by atoms with van der Waals surface area (Å²) < 4.78 is 15.8. The number of carbonyl (C=O) groups excluding carboxylic acids is 1. The Hall–Kier alpha value is -2.20. The molecule has 1 aromatic heterocycles. The highest BCUT2D eigenvalue weighted by Gasteiger charge is 2.28. The maximum Gasteiger partial charge on any atom is 0.308 e. The van der Waals surface area contributed by atoms with Gasteiger partial charge in [0.15, 0.2) is 0 Å². The first-order chi connectivity index (χ1) is 13.7. The summed E-state index contributed by atoms with van der Waals surface area (Å²) in [5.74, 6) is 1.91. The van der Waals surface area contributed by atoms with E-state index in [-0.39, 0.29) is 11.9 Å².